The summed E-state index contributed by atoms with van der Waals surface area (Å²) in [6, 6.07) is 15.2. The smallest absolute Gasteiger partial charge is 0.508 e. The van der Waals surface area contributed by atoms with Crippen LogP contribution in [0.1, 0.15) is 124 Å². The number of phenols is 1. The minimum atomic E-state index is -0.642. The summed E-state index contributed by atoms with van der Waals surface area (Å²) in [5.74, 6) is -0.287. The number of benzene rings is 3. The molecule has 4 atom stereocenters. The number of nitrogens with zero attached hydrogens (tertiary/aromatic N) is 8. The number of likely N-dealkylation sites (tertiary alicyclic amines) is 1. The number of aliphatic hydroxyl groups excluding tert-OH is 1. The molecular formula is C66H92F2N10O6SW. The van der Waals surface area contributed by atoms with E-state index in [1.54, 1.807) is 29.7 Å². The number of fused-ring (bicyclic) bond motifs is 2. The van der Waals surface area contributed by atoms with Gasteiger partial charge in [0.1, 0.15) is 41.5 Å². The Hall–Kier alpha value is -5.56. The molecule has 3 saturated heterocycles. The number of anilines is 1. The first-order chi connectivity index (χ1) is 39.9. The van der Waals surface area contributed by atoms with E-state index in [1.165, 1.54) is 33.0 Å². The number of rotatable bonds is 16. The van der Waals surface area contributed by atoms with Crippen molar-refractivity contribution in [3.05, 3.63) is 103 Å². The molecule has 6 heterocycles. The summed E-state index contributed by atoms with van der Waals surface area (Å²) in [6.07, 6.45) is 9.67. The van der Waals surface area contributed by atoms with Gasteiger partial charge in [0, 0.05) is 81.6 Å². The van der Waals surface area contributed by atoms with Crippen molar-refractivity contribution in [2.45, 2.75) is 138 Å². The van der Waals surface area contributed by atoms with E-state index < -0.39 is 12.4 Å². The van der Waals surface area contributed by atoms with Crippen LogP contribution in [0.2, 0.25) is 0 Å². The number of halogens is 2. The Bertz CT molecular complexity index is 3170. The van der Waals surface area contributed by atoms with Gasteiger partial charge in [-0.3, -0.25) is 14.6 Å². The number of carbonyl (C=O) groups excluding carboxylic acids is 3. The van der Waals surface area contributed by atoms with E-state index >= 15 is 4.39 Å². The fourth-order valence-electron chi connectivity index (χ4n) is 10.9. The third-order valence-corrected chi connectivity index (χ3v) is 17.9. The number of pyridine rings is 1. The monoisotopic (exact) mass is 1370 g/mol. The quantitative estimate of drug-likeness (QED) is 0.0529. The van der Waals surface area contributed by atoms with Crippen molar-refractivity contribution >= 4 is 57.4 Å². The molecule has 3 aromatic carbocycles. The second-order valence-electron chi connectivity index (χ2n) is 24.9. The molecule has 4 N–H and O–H groups in total. The van der Waals surface area contributed by atoms with E-state index in [0.29, 0.717) is 58.1 Å². The van der Waals surface area contributed by atoms with Crippen molar-refractivity contribution in [1.29, 1.82) is 0 Å². The SMILES string of the molecule is CN[C@@H](C)c1ccc(-c2scnc2C)cc1.C[C@@H](NC(=O)CO)C(C)(C)C.O=C[C@@H]1CCCN1C=O.[CH2-]C(C)(C)N1CCN(CC2(COc3nc(N4CCC[C@H](C)C4)c4cnc(-c5cc(O)cc6ccc(F)c(CC)c56)c(F)c4n3)CC2)CC1.[CH3-].[W+2]. The molecule has 468 valence electrons. The number of nitrogens with one attached hydrogen (secondary N) is 2. The number of piperidine rings is 1. The maximum atomic E-state index is 16.8. The molecule has 2 amide bonds. The average molecular weight is 1380 g/mol. The summed E-state index contributed by atoms with van der Waals surface area (Å²) in [5.41, 5.74) is 6.48. The van der Waals surface area contributed by atoms with Crippen LogP contribution in [-0.4, -0.2) is 154 Å². The third kappa shape index (κ3) is 18.3. The molecule has 1 aliphatic carbocycles. The Labute approximate surface area is 527 Å². The van der Waals surface area contributed by atoms with E-state index in [9.17, 15) is 23.9 Å². The van der Waals surface area contributed by atoms with E-state index in [1.807, 2.05) is 47.2 Å². The Morgan fingerprint density at radius 1 is 0.965 bits per heavy atom. The molecule has 20 heteroatoms. The van der Waals surface area contributed by atoms with Crippen LogP contribution < -0.4 is 20.3 Å². The van der Waals surface area contributed by atoms with Gasteiger partial charge in [0.15, 0.2) is 5.82 Å². The topological polar surface area (TPSA) is 189 Å². The van der Waals surface area contributed by atoms with Crippen LogP contribution in [0.3, 0.4) is 0 Å². The molecule has 16 nitrogen and oxygen atoms in total. The number of aldehydes is 1. The number of ether oxygens (including phenoxy) is 1. The first-order valence-corrected chi connectivity index (χ1v) is 30.6. The first-order valence-electron chi connectivity index (χ1n) is 29.7. The van der Waals surface area contributed by atoms with Gasteiger partial charge < -0.3 is 64.3 Å². The van der Waals surface area contributed by atoms with Gasteiger partial charge >= 0.3 is 27.1 Å². The zero-order chi connectivity index (χ0) is 61.1. The van der Waals surface area contributed by atoms with Crippen molar-refractivity contribution in [3.8, 4) is 33.5 Å². The minimum Gasteiger partial charge on any atom is -0.508 e. The van der Waals surface area contributed by atoms with Crippen LogP contribution in [-0.2, 0) is 41.9 Å². The fraction of sp³-hybridized carbons (Fsp3) is 0.530. The second kappa shape index (κ2) is 31.6. The largest absolute Gasteiger partial charge is 2.00 e. The van der Waals surface area contributed by atoms with Gasteiger partial charge in [-0.1, -0.05) is 78.8 Å². The number of hydrogen-bond acceptors (Lipinski definition) is 15. The summed E-state index contributed by atoms with van der Waals surface area (Å²) in [7, 11) is 1.98. The maximum absolute atomic E-state index is 16.8. The number of aryl methyl sites for hydroxylation is 2. The van der Waals surface area contributed by atoms with Crippen molar-refractivity contribution < 1.29 is 59.2 Å². The molecule has 1 saturated carbocycles. The van der Waals surface area contributed by atoms with Gasteiger partial charge in [-0.2, -0.15) is 9.97 Å². The predicted molar refractivity (Wildman–Crippen MR) is 339 cm³/mol. The van der Waals surface area contributed by atoms with Crippen molar-refractivity contribution in [2.75, 3.05) is 77.5 Å². The molecule has 3 aliphatic heterocycles. The van der Waals surface area contributed by atoms with Crippen LogP contribution in [0.4, 0.5) is 14.6 Å². The van der Waals surface area contributed by atoms with E-state index in [0.717, 1.165) is 109 Å². The molecule has 0 unspecified atom stereocenters. The van der Waals surface area contributed by atoms with E-state index in [4.69, 9.17) is 14.8 Å². The zero-order valence-electron chi connectivity index (χ0n) is 52.6. The van der Waals surface area contributed by atoms with Crippen molar-refractivity contribution in [3.63, 3.8) is 0 Å². The number of hydrogen-bond donors (Lipinski definition) is 4. The van der Waals surface area contributed by atoms with Gasteiger partial charge in [-0.25, -0.2) is 13.8 Å². The normalized spacial score (nSPS) is 18.4. The molecule has 4 fully saturated rings. The number of aromatic nitrogens is 4. The molecule has 86 heavy (non-hydrogen) atoms. The van der Waals surface area contributed by atoms with Gasteiger partial charge in [-0.05, 0) is 130 Å². The average Bonchev–Trinajstić information content (AvgIpc) is 1.02. The Morgan fingerprint density at radius 2 is 1.65 bits per heavy atom. The second-order valence-corrected chi connectivity index (χ2v) is 25.8. The summed E-state index contributed by atoms with van der Waals surface area (Å²) in [5, 5.41) is 26.6. The molecular weight excluding hydrogens is 1280 g/mol. The number of thiazole rings is 1. The Morgan fingerprint density at radius 3 is 2.21 bits per heavy atom. The Balaban J connectivity index is 0.000000287. The molecule has 4 aliphatic rings. The molecule has 6 aromatic rings. The number of aromatic hydroxyl groups is 1. The standard InChI is InChI=1S/C38H47F2N6O2.C13H16N2S.C8H17NO2.C6H9NO2.CH3.W/c1-6-27-30(39)10-9-25-18-26(47)19-28(31(25)27)33-32(40)34-29(20-41-33)35(45-13-7-8-24(2)21-45)43-36(42-34)48-23-38(11-12-38)22-44-14-16-46(17-15-44)37(3,4)5;1-9(14-3)11-4-6-12(7-5-11)13-10(2)15-8-16-13;1-6(8(2,3)4)9-7(11)5-10;8-4-6-2-1-3-7(6)5-9;;/h9-10,18-20,24,47H,3,6-8,11-17,21-23H2,1-2,4-5H3;4-9,14H,1-3H3;6,10H,5H2,1-4H3,(H,9,11);4-6H,1-3H2;1H3;/q-1;;;;-1;+2/t24-;9-;2*6-;;/m0010../s1. The molecule has 3 aromatic heterocycles. The maximum Gasteiger partial charge on any atom is 2.00 e. The minimum absolute atomic E-state index is 0. The Kier molecular flexibility index (Phi) is 26.1. The van der Waals surface area contributed by atoms with Crippen molar-refractivity contribution in [1.82, 2.24) is 45.3 Å². The van der Waals surface area contributed by atoms with Crippen LogP contribution in [0.15, 0.2) is 60.2 Å². The van der Waals surface area contributed by atoms with Crippen LogP contribution in [0, 0.1) is 49.7 Å². The number of carbonyl (C=O) groups is 3. The summed E-state index contributed by atoms with van der Waals surface area (Å²) in [4.78, 5) is 59.4. The zero-order valence-corrected chi connectivity index (χ0v) is 56.4. The van der Waals surface area contributed by atoms with Gasteiger partial charge in [-0.15, -0.1) is 16.9 Å². The number of phenolic OH excluding ortho intramolecular Hbond substituents is 1. The number of piperazine rings is 1. The summed E-state index contributed by atoms with van der Waals surface area (Å²) >= 11 is 1.70. The van der Waals surface area contributed by atoms with Crippen LogP contribution in [0.5, 0.6) is 11.8 Å². The van der Waals surface area contributed by atoms with E-state index in [-0.39, 0.29) is 91.6 Å². The van der Waals surface area contributed by atoms with Gasteiger partial charge in [0.2, 0.25) is 12.3 Å². The molecule has 10 rings (SSSR count). The molecule has 0 bridgehead atoms. The van der Waals surface area contributed by atoms with Crippen molar-refractivity contribution in [2.24, 2.45) is 16.7 Å². The first kappa shape index (κ1) is 71.2. The van der Waals surface area contributed by atoms with Gasteiger partial charge in [0.25, 0.3) is 0 Å². The summed E-state index contributed by atoms with van der Waals surface area (Å²) in [6.45, 7) is 32.3. The number of amides is 2. The summed E-state index contributed by atoms with van der Waals surface area (Å²) < 4.78 is 38.2. The van der Waals surface area contributed by atoms with E-state index in [2.05, 4.69) is 106 Å². The predicted octanol–water partition coefficient (Wildman–Crippen LogP) is 11.2. The third-order valence-electron chi connectivity index (χ3n) is 16.9. The van der Waals surface area contributed by atoms with Gasteiger partial charge in [0.05, 0.1) is 34.1 Å². The van der Waals surface area contributed by atoms with Crippen LogP contribution >= 0.6 is 11.3 Å². The van der Waals surface area contributed by atoms with Crippen LogP contribution in [0.25, 0.3) is 43.4 Å². The fourth-order valence-corrected chi connectivity index (χ4v) is 11.7. The number of aliphatic hydroxyl groups is 1. The molecule has 0 radical (unpaired) electrons. The molecule has 0 spiro atoms.